The highest BCUT2D eigenvalue weighted by Crippen LogP contribution is 2.13. The zero-order valence-electron chi connectivity index (χ0n) is 10.5. The van der Waals surface area contributed by atoms with Gasteiger partial charge in [0.25, 0.3) is 0 Å². The lowest BCUT2D eigenvalue weighted by Crippen LogP contribution is -2.07. The molecule has 0 radical (unpaired) electrons. The average Bonchev–Trinajstić information content (AvgIpc) is 2.84. The molecule has 0 saturated heterocycles. The standard InChI is InChI=1S/C14H14BrN3O/c1-2-12-9-13(18-17-12)16-14(19)7-6-10-4-3-5-11(15)8-10/h3-9H,2H2,1H3,(H2,16,17,18,19)/b7-6+. The van der Waals surface area contributed by atoms with Gasteiger partial charge in [-0.3, -0.25) is 9.89 Å². The van der Waals surface area contributed by atoms with Crippen LogP contribution in [0.4, 0.5) is 5.82 Å². The van der Waals surface area contributed by atoms with E-state index in [9.17, 15) is 4.79 Å². The SMILES string of the molecule is CCc1cc(NC(=O)/C=C/c2cccc(Br)c2)n[nH]1. The Bertz CT molecular complexity index is 604. The van der Waals surface area contributed by atoms with Crippen molar-refractivity contribution in [2.45, 2.75) is 13.3 Å². The molecular formula is C14H14BrN3O. The van der Waals surface area contributed by atoms with Gasteiger partial charge in [0.1, 0.15) is 0 Å². The lowest BCUT2D eigenvalue weighted by atomic mass is 10.2. The van der Waals surface area contributed by atoms with Gasteiger partial charge in [-0.25, -0.2) is 0 Å². The number of hydrogen-bond donors (Lipinski definition) is 2. The fourth-order valence-electron chi connectivity index (χ4n) is 1.56. The molecular weight excluding hydrogens is 306 g/mol. The van der Waals surface area contributed by atoms with Crippen molar-refractivity contribution in [2.75, 3.05) is 5.32 Å². The molecule has 0 atom stereocenters. The van der Waals surface area contributed by atoms with Crippen molar-refractivity contribution in [1.29, 1.82) is 0 Å². The molecule has 2 N–H and O–H groups in total. The summed E-state index contributed by atoms with van der Waals surface area (Å²) < 4.78 is 0.981. The van der Waals surface area contributed by atoms with Crippen molar-refractivity contribution in [3.8, 4) is 0 Å². The highest BCUT2D eigenvalue weighted by Gasteiger charge is 2.02. The predicted molar refractivity (Wildman–Crippen MR) is 79.8 cm³/mol. The zero-order valence-corrected chi connectivity index (χ0v) is 12.1. The second-order valence-electron chi connectivity index (χ2n) is 4.01. The maximum atomic E-state index is 11.7. The number of rotatable bonds is 4. The van der Waals surface area contributed by atoms with E-state index in [-0.39, 0.29) is 5.91 Å². The summed E-state index contributed by atoms with van der Waals surface area (Å²) in [4.78, 5) is 11.7. The van der Waals surface area contributed by atoms with Crippen LogP contribution >= 0.6 is 15.9 Å². The number of aromatic nitrogens is 2. The first kappa shape index (κ1) is 13.5. The molecule has 0 unspecified atom stereocenters. The molecule has 0 fully saturated rings. The maximum absolute atomic E-state index is 11.7. The Hall–Kier alpha value is -1.88. The van der Waals surface area contributed by atoms with Crippen molar-refractivity contribution in [3.05, 3.63) is 52.1 Å². The Kier molecular flexibility index (Phi) is 4.52. The highest BCUT2D eigenvalue weighted by atomic mass is 79.9. The summed E-state index contributed by atoms with van der Waals surface area (Å²) in [5.41, 5.74) is 1.95. The summed E-state index contributed by atoms with van der Waals surface area (Å²) in [6.07, 6.45) is 4.10. The van der Waals surface area contributed by atoms with Crippen LogP contribution in [0, 0.1) is 0 Å². The number of carbonyl (C=O) groups excluding carboxylic acids is 1. The third kappa shape index (κ3) is 4.06. The second-order valence-corrected chi connectivity index (χ2v) is 4.93. The monoisotopic (exact) mass is 319 g/mol. The molecule has 0 aliphatic rings. The van der Waals surface area contributed by atoms with Gasteiger partial charge in [-0.15, -0.1) is 0 Å². The molecule has 4 nitrogen and oxygen atoms in total. The third-order valence-corrected chi connectivity index (χ3v) is 3.03. The molecule has 98 valence electrons. The summed E-state index contributed by atoms with van der Waals surface area (Å²) >= 11 is 3.39. The number of anilines is 1. The Morgan fingerprint density at radius 2 is 2.32 bits per heavy atom. The van der Waals surface area contributed by atoms with Gasteiger partial charge in [0.15, 0.2) is 5.82 Å². The van der Waals surface area contributed by atoms with Crippen LogP contribution in [-0.4, -0.2) is 16.1 Å². The number of carbonyl (C=O) groups is 1. The maximum Gasteiger partial charge on any atom is 0.249 e. The number of halogens is 1. The Balaban J connectivity index is 1.97. The first-order chi connectivity index (χ1) is 9.17. The highest BCUT2D eigenvalue weighted by molar-refractivity contribution is 9.10. The molecule has 1 aromatic heterocycles. The largest absolute Gasteiger partial charge is 0.306 e. The molecule has 0 aliphatic carbocycles. The molecule has 2 aromatic rings. The van der Waals surface area contributed by atoms with E-state index < -0.39 is 0 Å². The third-order valence-electron chi connectivity index (χ3n) is 2.54. The summed E-state index contributed by atoms with van der Waals surface area (Å²) in [7, 11) is 0. The van der Waals surface area contributed by atoms with Crippen LogP contribution in [0.25, 0.3) is 6.08 Å². The Morgan fingerprint density at radius 1 is 1.47 bits per heavy atom. The molecule has 0 bridgehead atoms. The number of benzene rings is 1. The fourth-order valence-corrected chi connectivity index (χ4v) is 1.97. The summed E-state index contributed by atoms with van der Waals surface area (Å²) in [6.45, 7) is 2.02. The van der Waals surface area contributed by atoms with Crippen molar-refractivity contribution in [2.24, 2.45) is 0 Å². The second kappa shape index (κ2) is 6.33. The van der Waals surface area contributed by atoms with Crippen molar-refractivity contribution in [1.82, 2.24) is 10.2 Å². The van der Waals surface area contributed by atoms with Gasteiger partial charge in [-0.1, -0.05) is 35.0 Å². The van der Waals surface area contributed by atoms with Crippen LogP contribution in [0.2, 0.25) is 0 Å². The molecule has 19 heavy (non-hydrogen) atoms. The number of H-pyrrole nitrogens is 1. The molecule has 0 spiro atoms. The normalized spacial score (nSPS) is 10.8. The van der Waals surface area contributed by atoms with E-state index in [1.807, 2.05) is 37.3 Å². The van der Waals surface area contributed by atoms with Crippen molar-refractivity contribution < 1.29 is 4.79 Å². The number of hydrogen-bond acceptors (Lipinski definition) is 2. The van der Waals surface area contributed by atoms with Crippen molar-refractivity contribution >= 4 is 33.7 Å². The number of amides is 1. The molecule has 1 amide bonds. The van der Waals surface area contributed by atoms with Crippen LogP contribution in [0.1, 0.15) is 18.2 Å². The molecule has 2 rings (SSSR count). The van der Waals surface area contributed by atoms with Gasteiger partial charge in [0.2, 0.25) is 5.91 Å². The first-order valence-electron chi connectivity index (χ1n) is 5.96. The van der Waals surface area contributed by atoms with E-state index >= 15 is 0 Å². The van der Waals surface area contributed by atoms with E-state index in [0.717, 1.165) is 22.2 Å². The summed E-state index contributed by atoms with van der Waals surface area (Å²) in [5, 5.41) is 9.55. The minimum atomic E-state index is -0.200. The topological polar surface area (TPSA) is 57.8 Å². The zero-order chi connectivity index (χ0) is 13.7. The molecule has 1 aromatic carbocycles. The van der Waals surface area contributed by atoms with E-state index in [1.165, 1.54) is 6.08 Å². The lowest BCUT2D eigenvalue weighted by molar-refractivity contribution is -0.111. The minimum Gasteiger partial charge on any atom is -0.306 e. The van der Waals surface area contributed by atoms with E-state index in [1.54, 1.807) is 6.08 Å². The van der Waals surface area contributed by atoms with Crippen molar-refractivity contribution in [3.63, 3.8) is 0 Å². The van der Waals surface area contributed by atoms with E-state index in [4.69, 9.17) is 0 Å². The van der Waals surface area contributed by atoms with Crippen LogP contribution in [0.15, 0.2) is 40.9 Å². The van der Waals surface area contributed by atoms with E-state index in [2.05, 4.69) is 31.4 Å². The minimum absolute atomic E-state index is 0.200. The fraction of sp³-hybridized carbons (Fsp3) is 0.143. The quantitative estimate of drug-likeness (QED) is 0.849. The molecule has 1 heterocycles. The van der Waals surface area contributed by atoms with Gasteiger partial charge in [0.05, 0.1) is 0 Å². The van der Waals surface area contributed by atoms with Gasteiger partial charge >= 0.3 is 0 Å². The van der Waals surface area contributed by atoms with Crippen LogP contribution in [-0.2, 0) is 11.2 Å². The molecule has 5 heteroatoms. The lowest BCUT2D eigenvalue weighted by Gasteiger charge is -1.96. The van der Waals surface area contributed by atoms with Gasteiger partial charge in [0, 0.05) is 22.3 Å². The van der Waals surface area contributed by atoms with Crippen LogP contribution < -0.4 is 5.32 Å². The Labute approximate surface area is 120 Å². The molecule has 0 saturated carbocycles. The number of nitrogens with zero attached hydrogens (tertiary/aromatic N) is 1. The Morgan fingerprint density at radius 3 is 3.00 bits per heavy atom. The summed E-state index contributed by atoms with van der Waals surface area (Å²) in [5.74, 6) is 0.342. The number of aryl methyl sites for hydroxylation is 1. The van der Waals surface area contributed by atoms with Gasteiger partial charge < -0.3 is 5.32 Å². The number of nitrogens with one attached hydrogen (secondary N) is 2. The van der Waals surface area contributed by atoms with Gasteiger partial charge in [-0.05, 0) is 30.2 Å². The van der Waals surface area contributed by atoms with Crippen LogP contribution in [0.3, 0.4) is 0 Å². The van der Waals surface area contributed by atoms with Crippen LogP contribution in [0.5, 0.6) is 0 Å². The smallest absolute Gasteiger partial charge is 0.249 e. The predicted octanol–water partition coefficient (Wildman–Crippen LogP) is 3.39. The first-order valence-corrected chi connectivity index (χ1v) is 6.75. The average molecular weight is 320 g/mol. The summed E-state index contributed by atoms with van der Waals surface area (Å²) in [6, 6.07) is 9.55. The number of aromatic amines is 1. The van der Waals surface area contributed by atoms with E-state index in [0.29, 0.717) is 5.82 Å². The molecule has 0 aliphatic heterocycles. The van der Waals surface area contributed by atoms with Gasteiger partial charge in [-0.2, -0.15) is 5.10 Å².